The second kappa shape index (κ2) is 10.0. The first-order valence-corrected chi connectivity index (χ1v) is 9.63. The summed E-state index contributed by atoms with van der Waals surface area (Å²) in [5.41, 5.74) is 8.84. The van der Waals surface area contributed by atoms with Gasteiger partial charge in [-0.05, 0) is 38.4 Å². The highest BCUT2D eigenvalue weighted by Gasteiger charge is 2.20. The molecule has 2 aromatic rings. The molecule has 150 valence electrons. The second-order valence-electron chi connectivity index (χ2n) is 6.93. The molecule has 0 N–H and O–H groups in total. The Bertz CT molecular complexity index is 842. The van der Waals surface area contributed by atoms with Gasteiger partial charge in [0.05, 0.1) is 13.2 Å². The van der Waals surface area contributed by atoms with E-state index in [1.165, 1.54) is 11.3 Å². The average molecular weight is 404 g/mol. The van der Waals surface area contributed by atoms with Crippen LogP contribution in [0.2, 0.25) is 0 Å². The molecule has 2 heterocycles. The van der Waals surface area contributed by atoms with Crippen LogP contribution in [-0.2, 0) is 9.47 Å². The Balaban J connectivity index is 1.99. The minimum Gasteiger partial charge on any atom is -0.455 e. The molecule has 0 fully saturated rings. The summed E-state index contributed by atoms with van der Waals surface area (Å²) in [5, 5.41) is 5.84. The summed E-state index contributed by atoms with van der Waals surface area (Å²) in [4.78, 5) is 25.6. The summed E-state index contributed by atoms with van der Waals surface area (Å²) in [6.07, 6.45) is 1.71. The molecule has 0 aliphatic rings. The van der Waals surface area contributed by atoms with Crippen molar-refractivity contribution >= 4 is 23.1 Å². The number of anilines is 1. The maximum atomic E-state index is 12.2. The van der Waals surface area contributed by atoms with Crippen LogP contribution < -0.4 is 4.90 Å². The van der Waals surface area contributed by atoms with Gasteiger partial charge in [-0.25, -0.2) is 14.8 Å². The molecule has 2 aromatic heterocycles. The highest BCUT2D eigenvalue weighted by molar-refractivity contribution is 7.13. The van der Waals surface area contributed by atoms with Crippen LogP contribution in [0.4, 0.5) is 5.82 Å². The first-order chi connectivity index (χ1) is 13.3. The van der Waals surface area contributed by atoms with Crippen LogP contribution in [0.25, 0.3) is 21.0 Å². The number of hydrogen-bond donors (Lipinski definition) is 0. The van der Waals surface area contributed by atoms with Gasteiger partial charge in [-0.1, -0.05) is 5.11 Å². The number of carbonyl (C=O) groups excluding carboxylic acids is 1. The van der Waals surface area contributed by atoms with Gasteiger partial charge in [0, 0.05) is 42.2 Å². The van der Waals surface area contributed by atoms with Gasteiger partial charge in [-0.3, -0.25) is 0 Å². The van der Waals surface area contributed by atoms with Crippen LogP contribution in [0.1, 0.15) is 31.3 Å². The van der Waals surface area contributed by atoms with E-state index in [9.17, 15) is 4.79 Å². The number of aromatic nitrogens is 2. The highest BCUT2D eigenvalue weighted by Crippen LogP contribution is 2.26. The number of azide groups is 1. The lowest BCUT2D eigenvalue weighted by Gasteiger charge is -2.18. The van der Waals surface area contributed by atoms with E-state index in [1.807, 2.05) is 44.9 Å². The minimum atomic E-state index is -0.559. The number of rotatable bonds is 9. The fourth-order valence-electron chi connectivity index (χ4n) is 2.16. The monoisotopic (exact) mass is 404 g/mol. The molecular weight excluding hydrogens is 380 g/mol. The van der Waals surface area contributed by atoms with Crippen molar-refractivity contribution in [2.45, 2.75) is 26.4 Å². The predicted octanol–water partition coefficient (Wildman–Crippen LogP) is 3.92. The zero-order valence-electron chi connectivity index (χ0n) is 16.5. The van der Waals surface area contributed by atoms with Gasteiger partial charge in [0.15, 0.2) is 5.69 Å². The molecule has 2 rings (SSSR count). The number of thiazole rings is 1. The van der Waals surface area contributed by atoms with Crippen LogP contribution in [0, 0.1) is 0 Å². The van der Waals surface area contributed by atoms with E-state index in [4.69, 9.17) is 15.0 Å². The van der Waals surface area contributed by atoms with Crippen LogP contribution in [0.3, 0.4) is 0 Å². The number of nitrogens with zero attached hydrogens (tertiary/aromatic N) is 6. The van der Waals surface area contributed by atoms with Gasteiger partial charge >= 0.3 is 5.97 Å². The van der Waals surface area contributed by atoms with Crippen LogP contribution in [-0.4, -0.2) is 54.9 Å². The fourth-order valence-corrected chi connectivity index (χ4v) is 2.95. The standard InChI is InChI=1S/C18H24N6O3S/c1-18(2,3)27-17(25)14-12-28-16(22-14)13-5-6-20-15(11-13)24(4)8-10-26-9-7-21-23-19/h5-6,11-12H,7-10H2,1-4H3. The smallest absolute Gasteiger partial charge is 0.358 e. The van der Waals surface area contributed by atoms with Crippen LogP contribution >= 0.6 is 11.3 Å². The van der Waals surface area contributed by atoms with Crippen molar-refractivity contribution in [2.24, 2.45) is 5.11 Å². The van der Waals surface area contributed by atoms with Gasteiger partial charge in [0.25, 0.3) is 0 Å². The van der Waals surface area contributed by atoms with E-state index in [0.29, 0.717) is 32.0 Å². The zero-order chi connectivity index (χ0) is 20.6. The lowest BCUT2D eigenvalue weighted by Crippen LogP contribution is -2.24. The van der Waals surface area contributed by atoms with Crippen molar-refractivity contribution < 1.29 is 14.3 Å². The Morgan fingerprint density at radius 1 is 1.39 bits per heavy atom. The number of pyridine rings is 1. The molecule has 9 nitrogen and oxygen atoms in total. The van der Waals surface area contributed by atoms with Gasteiger partial charge < -0.3 is 14.4 Å². The number of hydrogen-bond acceptors (Lipinski definition) is 8. The minimum absolute atomic E-state index is 0.301. The lowest BCUT2D eigenvalue weighted by atomic mass is 10.2. The average Bonchev–Trinajstić information content (AvgIpc) is 3.13. The zero-order valence-corrected chi connectivity index (χ0v) is 17.3. The SMILES string of the molecule is CN(CCOCCN=[N+]=[N-])c1cc(-c2nc(C(=O)OC(C)(C)C)cs2)ccn1. The molecule has 0 radical (unpaired) electrons. The van der Waals surface area contributed by atoms with E-state index in [2.05, 4.69) is 20.0 Å². The quantitative estimate of drug-likeness (QED) is 0.206. The number of carbonyl (C=O) groups is 1. The molecule has 0 bridgehead atoms. The largest absolute Gasteiger partial charge is 0.455 e. The van der Waals surface area contributed by atoms with Gasteiger partial charge in [-0.2, -0.15) is 0 Å². The van der Waals surface area contributed by atoms with E-state index in [1.54, 1.807) is 11.6 Å². The predicted molar refractivity (Wildman–Crippen MR) is 109 cm³/mol. The molecule has 0 aliphatic heterocycles. The van der Waals surface area contributed by atoms with E-state index < -0.39 is 11.6 Å². The molecule has 0 spiro atoms. The molecule has 0 aliphatic carbocycles. The molecule has 0 amide bonds. The van der Waals surface area contributed by atoms with Gasteiger partial charge in [0.2, 0.25) is 0 Å². The molecular formula is C18H24N6O3S. The number of esters is 1. The first kappa shape index (κ1) is 21.6. The van der Waals surface area contributed by atoms with E-state index in [-0.39, 0.29) is 0 Å². The molecule has 0 aromatic carbocycles. The van der Waals surface area contributed by atoms with E-state index >= 15 is 0 Å². The van der Waals surface area contributed by atoms with Gasteiger partial charge in [-0.15, -0.1) is 11.3 Å². The van der Waals surface area contributed by atoms with Crippen molar-refractivity contribution in [1.82, 2.24) is 9.97 Å². The number of ether oxygens (including phenoxy) is 2. The number of likely N-dealkylation sites (N-methyl/N-ethyl adjacent to an activating group) is 1. The lowest BCUT2D eigenvalue weighted by molar-refractivity contribution is 0.00638. The Morgan fingerprint density at radius 2 is 2.18 bits per heavy atom. The third kappa shape index (κ3) is 6.80. The Labute approximate surface area is 167 Å². The second-order valence-corrected chi connectivity index (χ2v) is 7.79. The fraction of sp³-hybridized carbons (Fsp3) is 0.500. The summed E-state index contributed by atoms with van der Waals surface area (Å²) in [6, 6.07) is 3.77. The maximum absolute atomic E-state index is 12.2. The molecule has 0 atom stereocenters. The van der Waals surface area contributed by atoms with E-state index in [0.717, 1.165) is 16.4 Å². The first-order valence-electron chi connectivity index (χ1n) is 8.75. The Kier molecular flexibility index (Phi) is 7.74. The molecule has 10 heteroatoms. The van der Waals surface area contributed by atoms with Crippen molar-refractivity contribution in [2.75, 3.05) is 38.3 Å². The maximum Gasteiger partial charge on any atom is 0.358 e. The molecule has 0 saturated heterocycles. The van der Waals surface area contributed by atoms with Gasteiger partial charge in [0.1, 0.15) is 16.4 Å². The Morgan fingerprint density at radius 3 is 2.89 bits per heavy atom. The third-order valence-corrected chi connectivity index (χ3v) is 4.36. The Hall–Kier alpha value is -2.68. The summed E-state index contributed by atoms with van der Waals surface area (Å²) in [5.74, 6) is 0.337. The van der Waals surface area contributed by atoms with Crippen molar-refractivity contribution in [3.05, 3.63) is 39.8 Å². The molecule has 28 heavy (non-hydrogen) atoms. The molecule has 0 saturated carbocycles. The van der Waals surface area contributed by atoms with Crippen molar-refractivity contribution in [3.63, 3.8) is 0 Å². The highest BCUT2D eigenvalue weighted by atomic mass is 32.1. The topological polar surface area (TPSA) is 113 Å². The summed E-state index contributed by atoms with van der Waals surface area (Å²) >= 11 is 1.38. The summed E-state index contributed by atoms with van der Waals surface area (Å²) < 4.78 is 10.8. The summed E-state index contributed by atoms with van der Waals surface area (Å²) in [6.45, 7) is 7.30. The van der Waals surface area contributed by atoms with Crippen molar-refractivity contribution in [3.8, 4) is 10.6 Å². The third-order valence-electron chi connectivity index (χ3n) is 3.47. The van der Waals surface area contributed by atoms with Crippen molar-refractivity contribution in [1.29, 1.82) is 0 Å². The molecule has 0 unspecified atom stereocenters. The van der Waals surface area contributed by atoms with Crippen LogP contribution in [0.5, 0.6) is 0 Å². The van der Waals surface area contributed by atoms with Crippen LogP contribution in [0.15, 0.2) is 28.8 Å². The normalized spacial score (nSPS) is 11.0. The summed E-state index contributed by atoms with van der Waals surface area (Å²) in [7, 11) is 1.91.